The number of anilines is 1. The molecule has 0 saturated heterocycles. The van der Waals surface area contributed by atoms with E-state index in [0.717, 1.165) is 22.4 Å². The smallest absolute Gasteiger partial charge is 0.248 e. The predicted molar refractivity (Wildman–Crippen MR) is 90.0 cm³/mol. The number of carbonyl (C=O) groups is 1. The van der Waals surface area contributed by atoms with Gasteiger partial charge in [-0.05, 0) is 60.9 Å². The van der Waals surface area contributed by atoms with Gasteiger partial charge in [0.05, 0.1) is 10.0 Å². The van der Waals surface area contributed by atoms with Crippen molar-refractivity contribution in [3.63, 3.8) is 0 Å². The molecule has 0 heterocycles. The molecule has 0 atom stereocenters. The molecule has 1 N–H and O–H groups in total. The lowest BCUT2D eigenvalue weighted by molar-refractivity contribution is -0.111. The Morgan fingerprint density at radius 3 is 2.29 bits per heavy atom. The van der Waals surface area contributed by atoms with E-state index in [1.165, 1.54) is 6.08 Å². The number of rotatable bonds is 3. The molecule has 4 heteroatoms. The Hall–Kier alpha value is -1.77. The van der Waals surface area contributed by atoms with Gasteiger partial charge in [-0.15, -0.1) is 0 Å². The molecule has 0 aliphatic heterocycles. The number of hydrogen-bond donors (Lipinski definition) is 1. The van der Waals surface area contributed by atoms with Crippen molar-refractivity contribution < 1.29 is 4.79 Å². The van der Waals surface area contributed by atoms with Crippen molar-refractivity contribution in [1.82, 2.24) is 0 Å². The van der Waals surface area contributed by atoms with E-state index >= 15 is 0 Å². The molecular weight excluding hydrogens is 305 g/mol. The topological polar surface area (TPSA) is 29.1 Å². The van der Waals surface area contributed by atoms with E-state index in [9.17, 15) is 4.79 Å². The maximum Gasteiger partial charge on any atom is 0.248 e. The molecule has 0 fully saturated rings. The Kier molecular flexibility index (Phi) is 5.05. The van der Waals surface area contributed by atoms with Gasteiger partial charge in [-0.2, -0.15) is 0 Å². The van der Waals surface area contributed by atoms with Crippen molar-refractivity contribution in [3.05, 3.63) is 69.2 Å². The van der Waals surface area contributed by atoms with Crippen LogP contribution in [-0.2, 0) is 4.79 Å². The van der Waals surface area contributed by atoms with Crippen LogP contribution in [0.2, 0.25) is 10.0 Å². The maximum atomic E-state index is 11.9. The number of nitrogens with one attached hydrogen (secondary N) is 1. The first-order valence-corrected chi connectivity index (χ1v) is 7.22. The third-order valence-corrected chi connectivity index (χ3v) is 3.60. The van der Waals surface area contributed by atoms with Gasteiger partial charge in [0.1, 0.15) is 0 Å². The Morgan fingerprint density at radius 1 is 1.00 bits per heavy atom. The molecule has 2 aromatic carbocycles. The van der Waals surface area contributed by atoms with Crippen LogP contribution < -0.4 is 5.32 Å². The number of halogens is 2. The molecule has 0 spiro atoms. The quantitative estimate of drug-likeness (QED) is 0.768. The van der Waals surface area contributed by atoms with Gasteiger partial charge in [0.15, 0.2) is 0 Å². The molecule has 21 heavy (non-hydrogen) atoms. The molecule has 0 unspecified atom stereocenters. The lowest BCUT2D eigenvalue weighted by atomic mass is 10.1. The monoisotopic (exact) mass is 319 g/mol. The fraction of sp³-hybridized carbons (Fsp3) is 0.118. The summed E-state index contributed by atoms with van der Waals surface area (Å²) in [7, 11) is 0. The zero-order valence-electron chi connectivity index (χ0n) is 11.8. The minimum absolute atomic E-state index is 0.189. The summed E-state index contributed by atoms with van der Waals surface area (Å²) in [5, 5.41) is 3.80. The van der Waals surface area contributed by atoms with E-state index in [0.29, 0.717) is 10.0 Å². The number of amides is 1. The molecule has 0 aliphatic carbocycles. The van der Waals surface area contributed by atoms with Gasteiger partial charge in [0.2, 0.25) is 5.91 Å². The van der Waals surface area contributed by atoms with Gasteiger partial charge in [-0.25, -0.2) is 0 Å². The summed E-state index contributed by atoms with van der Waals surface area (Å²) in [6.45, 7) is 3.99. The molecule has 2 nitrogen and oxygen atoms in total. The van der Waals surface area contributed by atoms with E-state index in [2.05, 4.69) is 11.4 Å². The zero-order chi connectivity index (χ0) is 15.4. The van der Waals surface area contributed by atoms with E-state index in [1.807, 2.05) is 26.0 Å². The first-order valence-electron chi connectivity index (χ1n) is 6.46. The summed E-state index contributed by atoms with van der Waals surface area (Å²) in [6.07, 6.45) is 3.16. The number of aryl methyl sites for hydroxylation is 2. The van der Waals surface area contributed by atoms with Gasteiger partial charge in [0, 0.05) is 11.8 Å². The Labute approximate surface area is 134 Å². The summed E-state index contributed by atoms with van der Waals surface area (Å²) in [6, 6.07) is 11.1. The molecule has 2 aromatic rings. The SMILES string of the molecule is Cc1cc(C)cc(NC(=O)/C=C/c2ccc(Cl)c(Cl)c2)c1. The lowest BCUT2D eigenvalue weighted by Gasteiger charge is -2.05. The summed E-state index contributed by atoms with van der Waals surface area (Å²) in [4.78, 5) is 11.9. The Balaban J connectivity index is 2.07. The van der Waals surface area contributed by atoms with Crippen LogP contribution in [0.25, 0.3) is 6.08 Å². The van der Waals surface area contributed by atoms with Crippen molar-refractivity contribution in [2.75, 3.05) is 5.32 Å². The van der Waals surface area contributed by atoms with Crippen LogP contribution in [0, 0.1) is 13.8 Å². The van der Waals surface area contributed by atoms with Gasteiger partial charge in [0.25, 0.3) is 0 Å². The van der Waals surface area contributed by atoms with Gasteiger partial charge >= 0.3 is 0 Å². The van der Waals surface area contributed by atoms with Crippen LogP contribution in [0.4, 0.5) is 5.69 Å². The molecule has 1 amide bonds. The molecular formula is C17H15Cl2NO. The molecule has 0 aliphatic rings. The zero-order valence-corrected chi connectivity index (χ0v) is 13.3. The summed E-state index contributed by atoms with van der Waals surface area (Å²) < 4.78 is 0. The first kappa shape index (κ1) is 15.6. The van der Waals surface area contributed by atoms with Crippen LogP contribution in [0.5, 0.6) is 0 Å². The van der Waals surface area contributed by atoms with Gasteiger partial charge in [-0.1, -0.05) is 35.3 Å². The fourth-order valence-corrected chi connectivity index (χ4v) is 2.33. The van der Waals surface area contributed by atoms with Crippen molar-refractivity contribution in [2.24, 2.45) is 0 Å². The molecule has 0 bridgehead atoms. The van der Waals surface area contributed by atoms with Crippen molar-refractivity contribution in [2.45, 2.75) is 13.8 Å². The van der Waals surface area contributed by atoms with Crippen molar-refractivity contribution >= 4 is 40.9 Å². The highest BCUT2D eigenvalue weighted by Crippen LogP contribution is 2.23. The minimum Gasteiger partial charge on any atom is -0.322 e. The van der Waals surface area contributed by atoms with Gasteiger partial charge in [-0.3, -0.25) is 4.79 Å². The Bertz CT molecular complexity index is 688. The van der Waals surface area contributed by atoms with Crippen LogP contribution >= 0.6 is 23.2 Å². The number of hydrogen-bond acceptors (Lipinski definition) is 1. The summed E-state index contributed by atoms with van der Waals surface area (Å²) >= 11 is 11.8. The Morgan fingerprint density at radius 2 is 1.67 bits per heavy atom. The summed E-state index contributed by atoms with van der Waals surface area (Å²) in [5.41, 5.74) is 3.83. The highest BCUT2D eigenvalue weighted by atomic mass is 35.5. The van der Waals surface area contributed by atoms with Crippen molar-refractivity contribution in [1.29, 1.82) is 0 Å². The highest BCUT2D eigenvalue weighted by Gasteiger charge is 2.01. The normalized spacial score (nSPS) is 10.9. The third kappa shape index (κ3) is 4.62. The van der Waals surface area contributed by atoms with Crippen LogP contribution in [0.15, 0.2) is 42.5 Å². The number of carbonyl (C=O) groups excluding carboxylic acids is 1. The minimum atomic E-state index is -0.189. The maximum absolute atomic E-state index is 11.9. The third-order valence-electron chi connectivity index (χ3n) is 2.86. The standard InChI is InChI=1S/C17H15Cl2NO/c1-11-7-12(2)9-14(8-11)20-17(21)6-4-13-3-5-15(18)16(19)10-13/h3-10H,1-2H3,(H,20,21)/b6-4+. The average Bonchev–Trinajstić information content (AvgIpc) is 2.39. The van der Waals surface area contributed by atoms with E-state index < -0.39 is 0 Å². The molecule has 108 valence electrons. The second-order valence-corrected chi connectivity index (χ2v) is 5.69. The van der Waals surface area contributed by atoms with E-state index in [-0.39, 0.29) is 5.91 Å². The second-order valence-electron chi connectivity index (χ2n) is 4.87. The average molecular weight is 320 g/mol. The van der Waals surface area contributed by atoms with Crippen LogP contribution in [0.1, 0.15) is 16.7 Å². The second kappa shape index (κ2) is 6.79. The first-order chi connectivity index (χ1) is 9.94. The molecule has 2 rings (SSSR count). The van der Waals surface area contributed by atoms with E-state index in [1.54, 1.807) is 24.3 Å². The predicted octanol–water partition coefficient (Wildman–Crippen LogP) is 5.26. The highest BCUT2D eigenvalue weighted by molar-refractivity contribution is 6.42. The van der Waals surface area contributed by atoms with Crippen LogP contribution in [0.3, 0.4) is 0 Å². The molecule has 0 saturated carbocycles. The van der Waals surface area contributed by atoms with Gasteiger partial charge < -0.3 is 5.32 Å². The van der Waals surface area contributed by atoms with Crippen molar-refractivity contribution in [3.8, 4) is 0 Å². The van der Waals surface area contributed by atoms with E-state index in [4.69, 9.17) is 23.2 Å². The molecule has 0 radical (unpaired) electrons. The lowest BCUT2D eigenvalue weighted by Crippen LogP contribution is -2.08. The fourth-order valence-electron chi connectivity index (χ4n) is 2.02. The van der Waals surface area contributed by atoms with Crippen LogP contribution in [-0.4, -0.2) is 5.91 Å². The summed E-state index contributed by atoms with van der Waals surface area (Å²) in [5.74, 6) is -0.189. The number of benzene rings is 2. The molecule has 0 aromatic heterocycles. The largest absolute Gasteiger partial charge is 0.322 e.